The van der Waals surface area contributed by atoms with Crippen LogP contribution in [0.4, 0.5) is 0 Å². The molecule has 0 fully saturated rings. The number of amides is 1. The Bertz CT molecular complexity index is 300. The lowest BCUT2D eigenvalue weighted by molar-refractivity contribution is -0.125. The molecular weight excluding hydrogens is 206 g/mol. The van der Waals surface area contributed by atoms with Crippen LogP contribution >= 0.6 is 0 Å². The van der Waals surface area contributed by atoms with Gasteiger partial charge in [0.25, 0.3) is 0 Å². The minimum Gasteiger partial charge on any atom is -0.395 e. The molecule has 4 nitrogen and oxygen atoms in total. The molecule has 0 radical (unpaired) electrons. The van der Waals surface area contributed by atoms with Crippen LogP contribution in [0, 0.1) is 0 Å². The van der Waals surface area contributed by atoms with Crippen molar-refractivity contribution in [1.29, 1.82) is 0 Å². The fourth-order valence-corrected chi connectivity index (χ4v) is 1.25. The van der Waals surface area contributed by atoms with Gasteiger partial charge in [-0.15, -0.1) is 0 Å². The van der Waals surface area contributed by atoms with Crippen LogP contribution in [0.3, 0.4) is 0 Å². The molecule has 0 unspecified atom stereocenters. The summed E-state index contributed by atoms with van der Waals surface area (Å²) in [5.74, 6) is -0.192. The largest absolute Gasteiger partial charge is 0.395 e. The van der Waals surface area contributed by atoms with E-state index in [0.717, 1.165) is 6.42 Å². The van der Waals surface area contributed by atoms with Crippen LogP contribution in [0.25, 0.3) is 0 Å². The van der Waals surface area contributed by atoms with Gasteiger partial charge in [0, 0.05) is 6.54 Å². The molecule has 0 aromatic heterocycles. The lowest BCUT2D eigenvalue weighted by Gasteiger charge is -2.05. The van der Waals surface area contributed by atoms with Crippen LogP contribution in [-0.4, -0.2) is 37.4 Å². The fourth-order valence-electron chi connectivity index (χ4n) is 1.25. The van der Waals surface area contributed by atoms with E-state index in [4.69, 9.17) is 9.84 Å². The second kappa shape index (κ2) is 7.84. The fraction of sp³-hybridized carbons (Fsp3) is 0.417. The number of nitrogens with one attached hydrogen (secondary N) is 1. The van der Waals surface area contributed by atoms with E-state index in [0.29, 0.717) is 6.61 Å². The second-order valence-electron chi connectivity index (χ2n) is 3.36. The van der Waals surface area contributed by atoms with E-state index < -0.39 is 0 Å². The molecule has 0 aliphatic carbocycles. The van der Waals surface area contributed by atoms with E-state index in [2.05, 4.69) is 5.32 Å². The minimum absolute atomic E-state index is 0.0459. The van der Waals surface area contributed by atoms with Crippen molar-refractivity contribution in [2.75, 3.05) is 26.4 Å². The zero-order valence-electron chi connectivity index (χ0n) is 9.19. The van der Waals surface area contributed by atoms with Crippen molar-refractivity contribution in [3.8, 4) is 0 Å². The predicted octanol–water partition coefficient (Wildman–Crippen LogP) is 0.354. The van der Waals surface area contributed by atoms with Crippen LogP contribution in [0.5, 0.6) is 0 Å². The summed E-state index contributed by atoms with van der Waals surface area (Å²) in [7, 11) is 0. The standard InChI is InChI=1S/C12H17NO3/c14-8-7-13-12(15)10-16-9-6-11-4-2-1-3-5-11/h1-5,14H,6-10H2,(H,13,15). The Morgan fingerprint density at radius 1 is 1.31 bits per heavy atom. The number of hydrogen-bond acceptors (Lipinski definition) is 3. The summed E-state index contributed by atoms with van der Waals surface area (Å²) in [5.41, 5.74) is 1.19. The molecule has 1 aromatic rings. The normalized spacial score (nSPS) is 10.1. The Kier molecular flexibility index (Phi) is 6.22. The van der Waals surface area contributed by atoms with Crippen molar-refractivity contribution in [3.05, 3.63) is 35.9 Å². The van der Waals surface area contributed by atoms with Gasteiger partial charge < -0.3 is 15.2 Å². The molecule has 0 bridgehead atoms. The third-order valence-electron chi connectivity index (χ3n) is 2.05. The maximum Gasteiger partial charge on any atom is 0.246 e. The molecule has 0 saturated carbocycles. The highest BCUT2D eigenvalue weighted by Gasteiger charge is 1.99. The van der Waals surface area contributed by atoms with E-state index in [1.807, 2.05) is 30.3 Å². The number of hydrogen-bond donors (Lipinski definition) is 2. The van der Waals surface area contributed by atoms with Crippen molar-refractivity contribution >= 4 is 5.91 Å². The zero-order chi connectivity index (χ0) is 11.6. The molecule has 88 valence electrons. The van der Waals surface area contributed by atoms with Gasteiger partial charge in [-0.25, -0.2) is 0 Å². The van der Waals surface area contributed by atoms with Crippen molar-refractivity contribution in [3.63, 3.8) is 0 Å². The number of rotatable bonds is 7. The second-order valence-corrected chi connectivity index (χ2v) is 3.36. The number of carbonyl (C=O) groups excluding carboxylic acids is 1. The summed E-state index contributed by atoms with van der Waals surface area (Å²) in [5, 5.41) is 11.0. The van der Waals surface area contributed by atoms with Crippen molar-refractivity contribution in [2.24, 2.45) is 0 Å². The molecule has 1 rings (SSSR count). The van der Waals surface area contributed by atoms with Gasteiger partial charge in [0.15, 0.2) is 0 Å². The molecular formula is C12H17NO3. The SMILES string of the molecule is O=C(COCCc1ccccc1)NCCO. The van der Waals surface area contributed by atoms with Gasteiger partial charge in [-0.2, -0.15) is 0 Å². The zero-order valence-corrected chi connectivity index (χ0v) is 9.19. The van der Waals surface area contributed by atoms with Gasteiger partial charge in [-0.3, -0.25) is 4.79 Å². The monoisotopic (exact) mass is 223 g/mol. The van der Waals surface area contributed by atoms with Crippen LogP contribution in [0.2, 0.25) is 0 Å². The van der Waals surface area contributed by atoms with Gasteiger partial charge in [-0.05, 0) is 12.0 Å². The topological polar surface area (TPSA) is 58.6 Å². The average molecular weight is 223 g/mol. The highest BCUT2D eigenvalue weighted by atomic mass is 16.5. The number of benzene rings is 1. The highest BCUT2D eigenvalue weighted by molar-refractivity contribution is 5.77. The number of aliphatic hydroxyl groups excluding tert-OH is 1. The summed E-state index contributed by atoms with van der Waals surface area (Å²) in [6.45, 7) is 0.806. The first kappa shape index (κ1) is 12.7. The summed E-state index contributed by atoms with van der Waals surface area (Å²) in [4.78, 5) is 11.1. The first-order chi connectivity index (χ1) is 7.83. The molecule has 1 aromatic carbocycles. The summed E-state index contributed by atoms with van der Waals surface area (Å²) >= 11 is 0. The molecule has 0 atom stereocenters. The molecule has 0 heterocycles. The third-order valence-corrected chi connectivity index (χ3v) is 2.05. The van der Waals surface area contributed by atoms with Gasteiger partial charge in [0.05, 0.1) is 13.2 Å². The summed E-state index contributed by atoms with van der Waals surface area (Å²) in [6, 6.07) is 9.96. The predicted molar refractivity (Wildman–Crippen MR) is 61.1 cm³/mol. The smallest absolute Gasteiger partial charge is 0.246 e. The Morgan fingerprint density at radius 2 is 2.06 bits per heavy atom. The Hall–Kier alpha value is -1.39. The number of carbonyl (C=O) groups is 1. The van der Waals surface area contributed by atoms with Gasteiger partial charge in [-0.1, -0.05) is 30.3 Å². The Morgan fingerprint density at radius 3 is 2.75 bits per heavy atom. The molecule has 0 spiro atoms. The molecule has 0 aliphatic heterocycles. The van der Waals surface area contributed by atoms with E-state index >= 15 is 0 Å². The van der Waals surface area contributed by atoms with Crippen molar-refractivity contribution in [2.45, 2.75) is 6.42 Å². The first-order valence-corrected chi connectivity index (χ1v) is 5.32. The number of ether oxygens (including phenoxy) is 1. The first-order valence-electron chi connectivity index (χ1n) is 5.32. The van der Waals surface area contributed by atoms with Gasteiger partial charge >= 0.3 is 0 Å². The van der Waals surface area contributed by atoms with Crippen LogP contribution in [0.15, 0.2) is 30.3 Å². The quantitative estimate of drug-likeness (QED) is 0.656. The van der Waals surface area contributed by atoms with E-state index in [9.17, 15) is 4.79 Å². The number of aliphatic hydroxyl groups is 1. The van der Waals surface area contributed by atoms with Gasteiger partial charge in [0.1, 0.15) is 6.61 Å². The molecule has 2 N–H and O–H groups in total. The summed E-state index contributed by atoms with van der Waals surface area (Å²) in [6.07, 6.45) is 0.800. The maximum absolute atomic E-state index is 11.1. The lowest BCUT2D eigenvalue weighted by atomic mass is 10.2. The minimum atomic E-state index is -0.192. The van der Waals surface area contributed by atoms with E-state index in [1.54, 1.807) is 0 Å². The van der Waals surface area contributed by atoms with Crippen molar-refractivity contribution in [1.82, 2.24) is 5.32 Å². The van der Waals surface area contributed by atoms with E-state index in [1.165, 1.54) is 5.56 Å². The highest BCUT2D eigenvalue weighted by Crippen LogP contribution is 1.99. The van der Waals surface area contributed by atoms with Crippen LogP contribution < -0.4 is 5.32 Å². The molecule has 1 amide bonds. The Labute approximate surface area is 95.2 Å². The van der Waals surface area contributed by atoms with Gasteiger partial charge in [0.2, 0.25) is 5.91 Å². The lowest BCUT2D eigenvalue weighted by Crippen LogP contribution is -2.30. The molecule has 4 heteroatoms. The summed E-state index contributed by atoms with van der Waals surface area (Å²) < 4.78 is 5.20. The molecule has 0 saturated heterocycles. The maximum atomic E-state index is 11.1. The van der Waals surface area contributed by atoms with Crippen molar-refractivity contribution < 1.29 is 14.6 Å². The third kappa shape index (κ3) is 5.48. The van der Waals surface area contributed by atoms with Crippen LogP contribution in [-0.2, 0) is 16.0 Å². The van der Waals surface area contributed by atoms with E-state index in [-0.39, 0.29) is 25.7 Å². The molecule has 0 aliphatic rings. The van der Waals surface area contributed by atoms with Crippen LogP contribution in [0.1, 0.15) is 5.56 Å². The Balaban J connectivity index is 2.06. The molecule has 16 heavy (non-hydrogen) atoms. The average Bonchev–Trinajstić information content (AvgIpc) is 2.33.